The summed E-state index contributed by atoms with van der Waals surface area (Å²) in [4.78, 5) is 15.6. The Balaban J connectivity index is 2.24. The lowest BCUT2D eigenvalue weighted by molar-refractivity contribution is -0.137. The number of nitrogens with one attached hydrogen (secondary N) is 3. The van der Waals surface area contributed by atoms with Crippen LogP contribution in [0, 0.1) is 0 Å². The molecule has 1 aliphatic heterocycles. The second-order valence-corrected chi connectivity index (χ2v) is 4.50. The van der Waals surface area contributed by atoms with E-state index in [-0.39, 0.29) is 17.5 Å². The summed E-state index contributed by atoms with van der Waals surface area (Å²) in [6.45, 7) is 0.592. The van der Waals surface area contributed by atoms with Gasteiger partial charge in [-0.2, -0.15) is 13.2 Å². The van der Waals surface area contributed by atoms with Gasteiger partial charge < -0.3 is 16.0 Å². The highest BCUT2D eigenvalue weighted by molar-refractivity contribution is 5.85. The van der Waals surface area contributed by atoms with E-state index in [1.807, 2.05) is 0 Å². The molecule has 0 saturated carbocycles. The molecule has 8 heteroatoms. The molecule has 1 saturated heterocycles. The van der Waals surface area contributed by atoms with Crippen molar-refractivity contribution in [1.29, 1.82) is 0 Å². The predicted molar refractivity (Wildman–Crippen MR) is 68.4 cm³/mol. The zero-order valence-electron chi connectivity index (χ0n) is 10.8. The fraction of sp³-hybridized carbons (Fsp3) is 0.500. The van der Waals surface area contributed by atoms with E-state index in [2.05, 4.69) is 20.9 Å². The first-order valence-electron chi connectivity index (χ1n) is 6.21. The lowest BCUT2D eigenvalue weighted by Gasteiger charge is -2.23. The van der Waals surface area contributed by atoms with Crippen molar-refractivity contribution in [3.8, 4) is 0 Å². The molecule has 0 bridgehead atoms. The van der Waals surface area contributed by atoms with Gasteiger partial charge in [0.2, 0.25) is 5.91 Å². The number of hydrogen-bond acceptors (Lipinski definition) is 4. The van der Waals surface area contributed by atoms with Gasteiger partial charge in [-0.15, -0.1) is 0 Å². The van der Waals surface area contributed by atoms with Crippen molar-refractivity contribution in [1.82, 2.24) is 10.3 Å². The van der Waals surface area contributed by atoms with E-state index in [0.717, 1.165) is 18.6 Å². The van der Waals surface area contributed by atoms with Gasteiger partial charge in [0, 0.05) is 13.6 Å². The van der Waals surface area contributed by atoms with Crippen molar-refractivity contribution in [2.45, 2.75) is 25.1 Å². The maximum atomic E-state index is 12.8. The highest BCUT2D eigenvalue weighted by Gasteiger charge is 2.32. The van der Waals surface area contributed by atoms with Crippen LogP contribution in [0.3, 0.4) is 0 Å². The molecule has 1 aromatic heterocycles. The number of carbonyl (C=O) groups is 1. The van der Waals surface area contributed by atoms with Crippen LogP contribution in [0.25, 0.3) is 0 Å². The Labute approximate surface area is 114 Å². The van der Waals surface area contributed by atoms with Gasteiger partial charge in [-0.25, -0.2) is 4.98 Å². The fourth-order valence-electron chi connectivity index (χ4n) is 1.98. The summed E-state index contributed by atoms with van der Waals surface area (Å²) in [6, 6.07) is 1.28. The van der Waals surface area contributed by atoms with Gasteiger partial charge in [-0.05, 0) is 25.0 Å². The molecule has 0 spiro atoms. The maximum absolute atomic E-state index is 12.8. The molecular weight excluding hydrogens is 273 g/mol. The topological polar surface area (TPSA) is 66.0 Å². The number of pyridine rings is 1. The zero-order chi connectivity index (χ0) is 14.8. The van der Waals surface area contributed by atoms with Gasteiger partial charge in [-0.3, -0.25) is 4.79 Å². The predicted octanol–water partition coefficient (Wildman–Crippen LogP) is 1.83. The Kier molecular flexibility index (Phi) is 4.01. The van der Waals surface area contributed by atoms with E-state index >= 15 is 0 Å². The van der Waals surface area contributed by atoms with E-state index in [9.17, 15) is 18.0 Å². The molecule has 5 nitrogen and oxygen atoms in total. The minimum Gasteiger partial charge on any atom is -0.373 e. The van der Waals surface area contributed by atoms with Gasteiger partial charge >= 0.3 is 6.18 Å². The van der Waals surface area contributed by atoms with Crippen LogP contribution in [0.5, 0.6) is 0 Å². The summed E-state index contributed by atoms with van der Waals surface area (Å²) in [6.07, 6.45) is -3.11. The van der Waals surface area contributed by atoms with Crippen LogP contribution < -0.4 is 16.0 Å². The number of piperidine rings is 1. The average Bonchev–Trinajstić information content (AvgIpc) is 2.40. The fourth-order valence-corrected chi connectivity index (χ4v) is 1.98. The van der Waals surface area contributed by atoms with Crippen molar-refractivity contribution in [3.05, 3.63) is 17.7 Å². The van der Waals surface area contributed by atoms with Crippen LogP contribution in [0.15, 0.2) is 12.1 Å². The van der Waals surface area contributed by atoms with E-state index in [1.54, 1.807) is 0 Å². The summed E-state index contributed by atoms with van der Waals surface area (Å²) in [7, 11) is 1.49. The summed E-state index contributed by atoms with van der Waals surface area (Å²) >= 11 is 0. The molecule has 0 aromatic carbocycles. The standard InChI is InChI=1S/C12H15F3N4O/c1-16-9-5-7(12(13,14)15)6-10(19-9)18-8-3-2-4-17-11(8)20/h5-6,8H,2-4H2,1H3,(H,17,20)(H2,16,18,19). The summed E-state index contributed by atoms with van der Waals surface area (Å²) in [5.41, 5.74) is -0.810. The SMILES string of the molecule is CNc1cc(C(F)(F)F)cc(NC2CCCNC2=O)n1. The number of rotatable bonds is 3. The molecule has 2 heterocycles. The molecule has 1 amide bonds. The van der Waals surface area contributed by atoms with E-state index in [1.165, 1.54) is 7.05 Å². The van der Waals surface area contributed by atoms with Crippen molar-refractivity contribution in [2.24, 2.45) is 0 Å². The van der Waals surface area contributed by atoms with Gasteiger partial charge in [0.15, 0.2) is 0 Å². The number of hydrogen-bond donors (Lipinski definition) is 3. The number of aromatic nitrogens is 1. The molecule has 0 aliphatic carbocycles. The first-order chi connectivity index (χ1) is 9.40. The van der Waals surface area contributed by atoms with Crippen LogP contribution >= 0.6 is 0 Å². The normalized spacial score (nSPS) is 19.4. The Morgan fingerprint density at radius 2 is 2.05 bits per heavy atom. The summed E-state index contributed by atoms with van der Waals surface area (Å²) in [5.74, 6) is -0.0914. The van der Waals surface area contributed by atoms with E-state index in [0.29, 0.717) is 13.0 Å². The van der Waals surface area contributed by atoms with E-state index < -0.39 is 17.8 Å². The third kappa shape index (κ3) is 3.31. The minimum atomic E-state index is -4.46. The lowest BCUT2D eigenvalue weighted by atomic mass is 10.1. The van der Waals surface area contributed by atoms with E-state index in [4.69, 9.17) is 0 Å². The Hall–Kier alpha value is -1.99. The highest BCUT2D eigenvalue weighted by atomic mass is 19.4. The van der Waals surface area contributed by atoms with Gasteiger partial charge in [0.25, 0.3) is 0 Å². The van der Waals surface area contributed by atoms with Crippen molar-refractivity contribution in [2.75, 3.05) is 24.2 Å². The van der Waals surface area contributed by atoms with Crippen LogP contribution in [0.4, 0.5) is 24.8 Å². The number of carbonyl (C=O) groups excluding carboxylic acids is 1. The molecule has 110 valence electrons. The van der Waals surface area contributed by atoms with Crippen molar-refractivity contribution in [3.63, 3.8) is 0 Å². The summed E-state index contributed by atoms with van der Waals surface area (Å²) < 4.78 is 38.3. The Morgan fingerprint density at radius 3 is 2.65 bits per heavy atom. The van der Waals surface area contributed by atoms with Crippen LogP contribution in [0.1, 0.15) is 18.4 Å². The molecule has 1 unspecified atom stereocenters. The number of amides is 1. The quantitative estimate of drug-likeness (QED) is 0.794. The third-order valence-corrected chi connectivity index (χ3v) is 3.02. The lowest BCUT2D eigenvalue weighted by Crippen LogP contribution is -2.44. The first-order valence-corrected chi connectivity index (χ1v) is 6.21. The van der Waals surface area contributed by atoms with Gasteiger partial charge in [0.05, 0.1) is 5.56 Å². The molecule has 0 radical (unpaired) electrons. The summed E-state index contributed by atoms with van der Waals surface area (Å²) in [5, 5.41) is 7.99. The molecule has 20 heavy (non-hydrogen) atoms. The van der Waals surface area contributed by atoms with Crippen LogP contribution in [-0.2, 0) is 11.0 Å². The average molecular weight is 288 g/mol. The van der Waals surface area contributed by atoms with Crippen molar-refractivity contribution >= 4 is 17.5 Å². The number of nitrogens with zero attached hydrogens (tertiary/aromatic N) is 1. The van der Waals surface area contributed by atoms with Crippen molar-refractivity contribution < 1.29 is 18.0 Å². The molecular formula is C12H15F3N4O. The van der Waals surface area contributed by atoms with Gasteiger partial charge in [0.1, 0.15) is 17.7 Å². The molecule has 3 N–H and O–H groups in total. The Bertz CT molecular complexity index is 504. The second-order valence-electron chi connectivity index (χ2n) is 4.50. The monoisotopic (exact) mass is 288 g/mol. The molecule has 2 rings (SSSR count). The second kappa shape index (κ2) is 5.56. The Morgan fingerprint density at radius 1 is 1.35 bits per heavy atom. The number of halogens is 3. The van der Waals surface area contributed by atoms with Crippen LogP contribution in [0.2, 0.25) is 0 Å². The minimum absolute atomic E-state index is 0.0335. The molecule has 1 aromatic rings. The first kappa shape index (κ1) is 14.4. The third-order valence-electron chi connectivity index (χ3n) is 3.02. The van der Waals surface area contributed by atoms with Gasteiger partial charge in [-0.1, -0.05) is 0 Å². The molecule has 1 fully saturated rings. The zero-order valence-corrected chi connectivity index (χ0v) is 10.8. The highest BCUT2D eigenvalue weighted by Crippen LogP contribution is 2.32. The number of anilines is 2. The maximum Gasteiger partial charge on any atom is 0.416 e. The molecule has 1 aliphatic rings. The van der Waals surface area contributed by atoms with Crippen LogP contribution in [-0.4, -0.2) is 30.5 Å². The number of alkyl halides is 3. The molecule has 1 atom stereocenters. The smallest absolute Gasteiger partial charge is 0.373 e. The largest absolute Gasteiger partial charge is 0.416 e.